The van der Waals surface area contributed by atoms with Crippen molar-refractivity contribution in [1.29, 1.82) is 0 Å². The first kappa shape index (κ1) is 18.4. The van der Waals surface area contributed by atoms with Gasteiger partial charge in [0.2, 0.25) is 0 Å². The zero-order valence-electron chi connectivity index (χ0n) is 13.4. The van der Waals surface area contributed by atoms with E-state index in [1.54, 1.807) is 12.0 Å². The van der Waals surface area contributed by atoms with Gasteiger partial charge in [0.25, 0.3) is 0 Å². The number of amides is 2. The van der Waals surface area contributed by atoms with Crippen molar-refractivity contribution < 1.29 is 27.4 Å². The van der Waals surface area contributed by atoms with E-state index in [1.807, 2.05) is 0 Å². The molecular weight excluding hydrogens is 325 g/mol. The van der Waals surface area contributed by atoms with Gasteiger partial charge in [0.15, 0.2) is 6.61 Å². The first-order valence-electron chi connectivity index (χ1n) is 7.72. The van der Waals surface area contributed by atoms with E-state index in [4.69, 9.17) is 4.74 Å². The van der Waals surface area contributed by atoms with E-state index in [-0.39, 0.29) is 11.8 Å². The number of nitrogens with one attached hydrogen (secondary N) is 1. The molecule has 5 nitrogen and oxygen atoms in total. The van der Waals surface area contributed by atoms with Crippen molar-refractivity contribution in [3.05, 3.63) is 24.3 Å². The Morgan fingerprint density at radius 3 is 2.67 bits per heavy atom. The number of piperidine rings is 1. The van der Waals surface area contributed by atoms with Crippen LogP contribution in [0.15, 0.2) is 24.3 Å². The topological polar surface area (TPSA) is 50.8 Å². The molecule has 1 aliphatic rings. The van der Waals surface area contributed by atoms with Crippen LogP contribution in [0.5, 0.6) is 5.75 Å². The lowest BCUT2D eigenvalue weighted by molar-refractivity contribution is -0.153. The van der Waals surface area contributed by atoms with Crippen molar-refractivity contribution >= 4 is 11.7 Å². The average Bonchev–Trinajstić information content (AvgIpc) is 2.54. The Labute approximate surface area is 138 Å². The molecule has 1 saturated heterocycles. The number of hydrogen-bond acceptors (Lipinski definition) is 3. The molecule has 1 N–H and O–H groups in total. The van der Waals surface area contributed by atoms with E-state index in [0.717, 1.165) is 12.8 Å². The zero-order valence-corrected chi connectivity index (χ0v) is 13.4. The van der Waals surface area contributed by atoms with Crippen LogP contribution < -0.4 is 10.1 Å². The summed E-state index contributed by atoms with van der Waals surface area (Å²) < 4.78 is 46.0. The second-order valence-corrected chi connectivity index (χ2v) is 5.77. The molecule has 8 heteroatoms. The van der Waals surface area contributed by atoms with Gasteiger partial charge in [-0.15, -0.1) is 0 Å². The molecule has 0 unspecified atom stereocenters. The van der Waals surface area contributed by atoms with E-state index < -0.39 is 12.8 Å². The Balaban J connectivity index is 1.85. The lowest BCUT2D eigenvalue weighted by atomic mass is 9.99. The van der Waals surface area contributed by atoms with E-state index in [0.29, 0.717) is 31.3 Å². The van der Waals surface area contributed by atoms with Crippen LogP contribution in [-0.2, 0) is 4.74 Å². The fraction of sp³-hybridized carbons (Fsp3) is 0.562. The van der Waals surface area contributed by atoms with Gasteiger partial charge in [0.1, 0.15) is 5.75 Å². The van der Waals surface area contributed by atoms with E-state index >= 15 is 0 Å². The smallest absolute Gasteiger partial charge is 0.422 e. The van der Waals surface area contributed by atoms with Crippen LogP contribution >= 0.6 is 0 Å². The summed E-state index contributed by atoms with van der Waals surface area (Å²) in [6.45, 7) is 0.591. The fourth-order valence-electron chi connectivity index (χ4n) is 2.62. The number of rotatable bonds is 5. The van der Waals surface area contributed by atoms with Crippen molar-refractivity contribution in [2.45, 2.75) is 19.0 Å². The van der Waals surface area contributed by atoms with Crippen molar-refractivity contribution in [2.75, 3.05) is 38.7 Å². The van der Waals surface area contributed by atoms with Crippen LogP contribution in [0.3, 0.4) is 0 Å². The first-order valence-corrected chi connectivity index (χ1v) is 7.72. The number of nitrogens with zero attached hydrogens (tertiary/aromatic N) is 1. The van der Waals surface area contributed by atoms with Crippen molar-refractivity contribution in [3.63, 3.8) is 0 Å². The summed E-state index contributed by atoms with van der Waals surface area (Å²) in [6, 6.07) is 5.59. The molecule has 24 heavy (non-hydrogen) atoms. The third-order valence-corrected chi connectivity index (χ3v) is 3.72. The Morgan fingerprint density at radius 2 is 2.04 bits per heavy atom. The van der Waals surface area contributed by atoms with Gasteiger partial charge in [-0.1, -0.05) is 0 Å². The number of carbonyl (C=O) groups is 1. The third kappa shape index (κ3) is 5.92. The first-order chi connectivity index (χ1) is 11.4. The van der Waals surface area contributed by atoms with Gasteiger partial charge in [-0.3, -0.25) is 0 Å². The van der Waals surface area contributed by atoms with Crippen LogP contribution in [0.2, 0.25) is 0 Å². The van der Waals surface area contributed by atoms with Gasteiger partial charge in [-0.2, -0.15) is 13.2 Å². The lowest BCUT2D eigenvalue weighted by Crippen LogP contribution is -2.43. The number of hydrogen-bond donors (Lipinski definition) is 1. The Hall–Kier alpha value is -1.96. The molecule has 134 valence electrons. The normalized spacial score (nSPS) is 18.3. The standard InChI is InChI=1S/C16H21F3N2O3/c1-23-10-12-3-2-8-21(9-12)15(22)20-13-4-6-14(7-5-13)24-11-16(17,18)19/h4-7,12H,2-3,8-11H2,1H3,(H,20,22)/t12-/m1/s1. The van der Waals surface area contributed by atoms with Gasteiger partial charge in [-0.25, -0.2) is 4.79 Å². The number of likely N-dealkylation sites (tertiary alicyclic amines) is 1. The number of urea groups is 1. The highest BCUT2D eigenvalue weighted by Crippen LogP contribution is 2.21. The fourth-order valence-corrected chi connectivity index (χ4v) is 2.62. The molecule has 2 amide bonds. The summed E-state index contributed by atoms with van der Waals surface area (Å²) >= 11 is 0. The molecule has 1 heterocycles. The Morgan fingerprint density at radius 1 is 1.33 bits per heavy atom. The number of alkyl halides is 3. The minimum Gasteiger partial charge on any atom is -0.484 e. The molecule has 1 aromatic carbocycles. The minimum absolute atomic E-state index is 0.100. The highest BCUT2D eigenvalue weighted by molar-refractivity contribution is 5.89. The minimum atomic E-state index is -4.38. The maximum Gasteiger partial charge on any atom is 0.422 e. The summed E-state index contributed by atoms with van der Waals surface area (Å²) in [6.07, 6.45) is -2.42. The van der Waals surface area contributed by atoms with Gasteiger partial charge in [0.05, 0.1) is 6.61 Å². The zero-order chi connectivity index (χ0) is 17.6. The molecule has 0 radical (unpaired) electrons. The second kappa shape index (κ2) is 8.23. The SMILES string of the molecule is COC[C@@H]1CCCN(C(=O)Nc2ccc(OCC(F)(F)F)cc2)C1. The van der Waals surface area contributed by atoms with E-state index in [1.165, 1.54) is 24.3 Å². The maximum atomic E-state index is 12.3. The summed E-state index contributed by atoms with van der Waals surface area (Å²) in [5.41, 5.74) is 0.508. The number of methoxy groups -OCH3 is 1. The van der Waals surface area contributed by atoms with Crippen LogP contribution in [0, 0.1) is 5.92 Å². The van der Waals surface area contributed by atoms with Crippen LogP contribution in [0.1, 0.15) is 12.8 Å². The van der Waals surface area contributed by atoms with E-state index in [9.17, 15) is 18.0 Å². The highest BCUT2D eigenvalue weighted by Gasteiger charge is 2.28. The summed E-state index contributed by atoms with van der Waals surface area (Å²) in [5.74, 6) is 0.427. The maximum absolute atomic E-state index is 12.3. The van der Waals surface area contributed by atoms with Crippen LogP contribution in [-0.4, -0.2) is 50.5 Å². The highest BCUT2D eigenvalue weighted by atomic mass is 19.4. The average molecular weight is 346 g/mol. The Bertz CT molecular complexity index is 532. The van der Waals surface area contributed by atoms with Gasteiger partial charge in [-0.05, 0) is 37.1 Å². The largest absolute Gasteiger partial charge is 0.484 e. The molecule has 0 aliphatic carbocycles. The molecule has 1 fully saturated rings. The molecule has 0 spiro atoms. The monoisotopic (exact) mass is 346 g/mol. The molecule has 0 aromatic heterocycles. The molecule has 1 aliphatic heterocycles. The van der Waals surface area contributed by atoms with Crippen molar-refractivity contribution in [1.82, 2.24) is 4.90 Å². The van der Waals surface area contributed by atoms with Crippen LogP contribution in [0.25, 0.3) is 0 Å². The molecule has 0 saturated carbocycles. The molecular formula is C16H21F3N2O3. The van der Waals surface area contributed by atoms with Gasteiger partial charge in [0, 0.05) is 31.8 Å². The summed E-state index contributed by atoms with van der Waals surface area (Å²) in [4.78, 5) is 14.0. The predicted octanol–water partition coefficient (Wildman–Crippen LogP) is 3.52. The number of carbonyl (C=O) groups excluding carboxylic acids is 1. The number of ether oxygens (including phenoxy) is 2. The lowest BCUT2D eigenvalue weighted by Gasteiger charge is -2.32. The van der Waals surface area contributed by atoms with E-state index in [2.05, 4.69) is 10.1 Å². The summed E-state index contributed by atoms with van der Waals surface area (Å²) in [7, 11) is 1.64. The third-order valence-electron chi connectivity index (χ3n) is 3.72. The quantitative estimate of drug-likeness (QED) is 0.888. The summed E-state index contributed by atoms with van der Waals surface area (Å²) in [5, 5.41) is 2.74. The van der Waals surface area contributed by atoms with Gasteiger partial charge >= 0.3 is 12.2 Å². The number of benzene rings is 1. The van der Waals surface area contributed by atoms with Crippen molar-refractivity contribution in [2.24, 2.45) is 5.92 Å². The van der Waals surface area contributed by atoms with Crippen molar-refractivity contribution in [3.8, 4) is 5.75 Å². The molecule has 1 atom stereocenters. The second-order valence-electron chi connectivity index (χ2n) is 5.77. The van der Waals surface area contributed by atoms with Crippen LogP contribution in [0.4, 0.5) is 23.7 Å². The Kier molecular flexibility index (Phi) is 6.30. The molecule has 0 bridgehead atoms. The molecule has 2 rings (SSSR count). The number of anilines is 1. The van der Waals surface area contributed by atoms with Gasteiger partial charge < -0.3 is 19.7 Å². The molecule has 1 aromatic rings. The number of halogens is 3. The predicted molar refractivity (Wildman–Crippen MR) is 83.2 cm³/mol.